The van der Waals surface area contributed by atoms with E-state index in [0.717, 1.165) is 6.07 Å². The summed E-state index contributed by atoms with van der Waals surface area (Å²) < 4.78 is 5.77. The predicted octanol–water partition coefficient (Wildman–Crippen LogP) is 3.76. The van der Waals surface area contributed by atoms with Crippen molar-refractivity contribution < 1.29 is 19.2 Å². The molecular formula is C21H17N3O5. The molecule has 3 aromatic rings. The molecule has 0 aromatic heterocycles. The van der Waals surface area contributed by atoms with Crippen LogP contribution in [0.5, 0.6) is 11.5 Å². The second kappa shape index (κ2) is 9.14. The first-order valence-electron chi connectivity index (χ1n) is 8.67. The number of ether oxygens (including phenoxy) is 1. The lowest BCUT2D eigenvalue weighted by Gasteiger charge is -2.12. The number of nitrogens with zero attached hydrogens (tertiary/aromatic N) is 1. The van der Waals surface area contributed by atoms with Crippen LogP contribution >= 0.6 is 0 Å². The largest absolute Gasteiger partial charge is 0.455 e. The lowest BCUT2D eigenvalue weighted by molar-refractivity contribution is -0.384. The lowest BCUT2D eigenvalue weighted by atomic mass is 10.2. The highest BCUT2D eigenvalue weighted by atomic mass is 16.6. The van der Waals surface area contributed by atoms with Crippen LogP contribution in [0.4, 0.5) is 11.4 Å². The Morgan fingerprint density at radius 3 is 2.41 bits per heavy atom. The Kier molecular flexibility index (Phi) is 6.16. The first-order valence-corrected chi connectivity index (χ1v) is 8.67. The van der Waals surface area contributed by atoms with Gasteiger partial charge in [0.05, 0.1) is 17.2 Å². The fourth-order valence-corrected chi connectivity index (χ4v) is 2.49. The van der Waals surface area contributed by atoms with E-state index < -0.39 is 16.7 Å². The van der Waals surface area contributed by atoms with Crippen molar-refractivity contribution in [1.82, 2.24) is 5.32 Å². The summed E-state index contributed by atoms with van der Waals surface area (Å²) in [4.78, 5) is 34.6. The van der Waals surface area contributed by atoms with Crippen molar-refractivity contribution in [1.29, 1.82) is 0 Å². The van der Waals surface area contributed by atoms with E-state index >= 15 is 0 Å². The van der Waals surface area contributed by atoms with Gasteiger partial charge in [-0.2, -0.15) is 0 Å². The number of anilines is 1. The van der Waals surface area contributed by atoms with Gasteiger partial charge in [-0.1, -0.05) is 36.4 Å². The van der Waals surface area contributed by atoms with Gasteiger partial charge in [0.25, 0.3) is 11.6 Å². The fraction of sp³-hybridized carbons (Fsp3) is 0.0476. The molecule has 8 nitrogen and oxygen atoms in total. The Morgan fingerprint density at radius 1 is 0.931 bits per heavy atom. The molecule has 0 heterocycles. The summed E-state index contributed by atoms with van der Waals surface area (Å²) in [5.74, 6) is 0.0239. The maximum atomic E-state index is 12.2. The van der Waals surface area contributed by atoms with E-state index in [0.29, 0.717) is 17.2 Å². The van der Waals surface area contributed by atoms with E-state index in [2.05, 4.69) is 10.6 Å². The molecule has 0 spiro atoms. The summed E-state index contributed by atoms with van der Waals surface area (Å²) in [6, 6.07) is 21.3. The molecule has 3 rings (SSSR count). The second-order valence-electron chi connectivity index (χ2n) is 5.95. The summed E-state index contributed by atoms with van der Waals surface area (Å²) in [6.45, 7) is -0.304. The minimum atomic E-state index is -0.590. The Labute approximate surface area is 166 Å². The third kappa shape index (κ3) is 5.39. The summed E-state index contributed by atoms with van der Waals surface area (Å²) in [7, 11) is 0. The van der Waals surface area contributed by atoms with Gasteiger partial charge in [-0.25, -0.2) is 0 Å². The number of non-ortho nitro benzene ring substituents is 1. The minimum absolute atomic E-state index is 0.0970. The Morgan fingerprint density at radius 2 is 1.66 bits per heavy atom. The van der Waals surface area contributed by atoms with Crippen molar-refractivity contribution in [3.63, 3.8) is 0 Å². The van der Waals surface area contributed by atoms with Gasteiger partial charge in [0, 0.05) is 17.7 Å². The zero-order valence-corrected chi connectivity index (χ0v) is 15.2. The fourth-order valence-electron chi connectivity index (χ4n) is 2.49. The second-order valence-corrected chi connectivity index (χ2v) is 5.95. The molecule has 0 unspecified atom stereocenters. The summed E-state index contributed by atoms with van der Waals surface area (Å²) in [5, 5.41) is 15.9. The number of amides is 2. The number of benzene rings is 3. The van der Waals surface area contributed by atoms with Gasteiger partial charge in [-0.3, -0.25) is 19.7 Å². The first-order chi connectivity index (χ1) is 14.0. The van der Waals surface area contributed by atoms with Gasteiger partial charge < -0.3 is 15.4 Å². The van der Waals surface area contributed by atoms with Gasteiger partial charge in [0.1, 0.15) is 5.75 Å². The average molecular weight is 391 g/mol. The lowest BCUT2D eigenvalue weighted by Crippen LogP contribution is -2.32. The quantitative estimate of drug-likeness (QED) is 0.471. The molecule has 0 radical (unpaired) electrons. The maximum absolute atomic E-state index is 12.2. The Bertz CT molecular complexity index is 1040. The van der Waals surface area contributed by atoms with Crippen LogP contribution < -0.4 is 15.4 Å². The molecule has 0 fully saturated rings. The van der Waals surface area contributed by atoms with Gasteiger partial charge >= 0.3 is 0 Å². The van der Waals surface area contributed by atoms with E-state index in [4.69, 9.17) is 4.74 Å². The smallest absolute Gasteiger partial charge is 0.270 e. The number of hydrogen-bond donors (Lipinski definition) is 2. The van der Waals surface area contributed by atoms with Crippen LogP contribution in [0.15, 0.2) is 78.9 Å². The molecule has 0 aliphatic rings. The van der Waals surface area contributed by atoms with Crippen LogP contribution in [0.25, 0.3) is 0 Å². The Hall–Kier alpha value is -4.20. The van der Waals surface area contributed by atoms with Crippen LogP contribution in [0.3, 0.4) is 0 Å². The van der Waals surface area contributed by atoms with E-state index in [1.807, 2.05) is 18.2 Å². The zero-order chi connectivity index (χ0) is 20.6. The Balaban J connectivity index is 1.61. The number of nitro groups is 1. The molecule has 0 aliphatic heterocycles. The number of hydrogen-bond acceptors (Lipinski definition) is 5. The SMILES string of the molecule is O=C(CNC(=O)c1cccc([N+](=O)[O-])c1)Nc1ccccc1Oc1ccccc1. The first kappa shape index (κ1) is 19.6. The van der Waals surface area contributed by atoms with E-state index in [-0.39, 0.29) is 17.8 Å². The van der Waals surface area contributed by atoms with Crippen molar-refractivity contribution in [2.75, 3.05) is 11.9 Å². The zero-order valence-electron chi connectivity index (χ0n) is 15.2. The third-order valence-electron chi connectivity index (χ3n) is 3.86. The van der Waals surface area contributed by atoms with E-state index in [1.165, 1.54) is 18.2 Å². The molecule has 0 saturated heterocycles. The molecule has 2 amide bonds. The summed E-state index contributed by atoms with van der Waals surface area (Å²) in [5.41, 5.74) is 0.347. The summed E-state index contributed by atoms with van der Waals surface area (Å²) in [6.07, 6.45) is 0. The van der Waals surface area contributed by atoms with Crippen LogP contribution in [-0.2, 0) is 4.79 Å². The van der Waals surface area contributed by atoms with Crippen molar-refractivity contribution >= 4 is 23.2 Å². The van der Waals surface area contributed by atoms with Crippen molar-refractivity contribution in [2.45, 2.75) is 0 Å². The standard InChI is InChI=1S/C21H17N3O5/c25-20(14-22-21(26)15-7-6-8-16(13-15)24(27)28)23-18-11-4-5-12-19(18)29-17-9-2-1-3-10-17/h1-13H,14H2,(H,22,26)(H,23,25). The molecule has 3 aromatic carbocycles. The molecule has 0 aliphatic carbocycles. The number of carbonyl (C=O) groups excluding carboxylic acids is 2. The van der Waals surface area contributed by atoms with Gasteiger partial charge in [0.15, 0.2) is 5.75 Å². The van der Waals surface area contributed by atoms with Gasteiger partial charge in [0.2, 0.25) is 5.91 Å². The molecule has 0 saturated carbocycles. The minimum Gasteiger partial charge on any atom is -0.455 e. The van der Waals surface area contributed by atoms with Crippen LogP contribution in [0.1, 0.15) is 10.4 Å². The number of nitro benzene ring substituents is 1. The van der Waals surface area contributed by atoms with Crippen molar-refractivity contribution in [2.24, 2.45) is 0 Å². The highest BCUT2D eigenvalue weighted by molar-refractivity contribution is 6.00. The van der Waals surface area contributed by atoms with Crippen molar-refractivity contribution in [3.05, 3.63) is 94.5 Å². The number of para-hydroxylation sites is 3. The number of carbonyl (C=O) groups is 2. The molecule has 8 heteroatoms. The average Bonchev–Trinajstić information content (AvgIpc) is 2.74. The van der Waals surface area contributed by atoms with Crippen LogP contribution in [0.2, 0.25) is 0 Å². The van der Waals surface area contributed by atoms with Crippen molar-refractivity contribution in [3.8, 4) is 11.5 Å². The van der Waals surface area contributed by atoms with Crippen LogP contribution in [0, 0.1) is 10.1 Å². The maximum Gasteiger partial charge on any atom is 0.270 e. The predicted molar refractivity (Wildman–Crippen MR) is 107 cm³/mol. The number of nitrogens with one attached hydrogen (secondary N) is 2. The molecule has 0 bridgehead atoms. The molecular weight excluding hydrogens is 374 g/mol. The molecule has 29 heavy (non-hydrogen) atoms. The normalized spacial score (nSPS) is 10.1. The summed E-state index contributed by atoms with van der Waals surface area (Å²) >= 11 is 0. The molecule has 146 valence electrons. The molecule has 2 N–H and O–H groups in total. The third-order valence-corrected chi connectivity index (χ3v) is 3.86. The van der Waals surface area contributed by atoms with Gasteiger partial charge in [-0.05, 0) is 30.3 Å². The number of rotatable bonds is 7. The highest BCUT2D eigenvalue weighted by Crippen LogP contribution is 2.28. The van der Waals surface area contributed by atoms with Crippen LogP contribution in [-0.4, -0.2) is 23.3 Å². The van der Waals surface area contributed by atoms with E-state index in [9.17, 15) is 19.7 Å². The molecule has 0 atom stereocenters. The monoisotopic (exact) mass is 391 g/mol. The highest BCUT2D eigenvalue weighted by Gasteiger charge is 2.13. The topological polar surface area (TPSA) is 111 Å². The van der Waals surface area contributed by atoms with E-state index in [1.54, 1.807) is 36.4 Å². The van der Waals surface area contributed by atoms with Gasteiger partial charge in [-0.15, -0.1) is 0 Å².